The Labute approximate surface area is 108 Å². The van der Waals surface area contributed by atoms with Gasteiger partial charge in [0.25, 0.3) is 0 Å². The first-order valence-electron chi connectivity index (χ1n) is 6.75. The molecule has 0 radical (unpaired) electrons. The molecule has 1 aliphatic heterocycles. The van der Waals surface area contributed by atoms with Crippen LogP contribution in [0.4, 0.5) is 0 Å². The Kier molecular flexibility index (Phi) is 2.94. The summed E-state index contributed by atoms with van der Waals surface area (Å²) in [6.07, 6.45) is 5.64. The summed E-state index contributed by atoms with van der Waals surface area (Å²) in [5, 5.41) is 6.80. The van der Waals surface area contributed by atoms with Gasteiger partial charge in [-0.1, -0.05) is 12.5 Å². The molecule has 4 heteroatoms. The van der Waals surface area contributed by atoms with E-state index in [1.54, 1.807) is 0 Å². The van der Waals surface area contributed by atoms with E-state index in [1.807, 2.05) is 12.3 Å². The van der Waals surface area contributed by atoms with Crippen LogP contribution in [0.25, 0.3) is 0 Å². The maximum Gasteiger partial charge on any atom is 0.191 e. The molecule has 1 aromatic heterocycles. The molecule has 4 nitrogen and oxygen atoms in total. The van der Waals surface area contributed by atoms with E-state index < -0.39 is 0 Å². The van der Waals surface area contributed by atoms with Crippen LogP contribution in [0.3, 0.4) is 0 Å². The summed E-state index contributed by atoms with van der Waals surface area (Å²) in [7, 11) is 0. The predicted octanol–water partition coefficient (Wildman–Crippen LogP) is 1.44. The number of rotatable bonds is 3. The molecule has 0 bridgehead atoms. The third-order valence-corrected chi connectivity index (χ3v) is 4.02. The van der Waals surface area contributed by atoms with E-state index in [0.717, 1.165) is 19.0 Å². The summed E-state index contributed by atoms with van der Waals surface area (Å²) in [5.41, 5.74) is 1.44. The number of aliphatic imine (C=N–C) groups is 1. The van der Waals surface area contributed by atoms with Gasteiger partial charge in [-0.15, -0.1) is 0 Å². The van der Waals surface area contributed by atoms with E-state index in [2.05, 4.69) is 39.7 Å². The number of nitrogens with one attached hydrogen (secondary N) is 2. The largest absolute Gasteiger partial charge is 0.355 e. The topological polar surface area (TPSA) is 49.3 Å². The lowest BCUT2D eigenvalue weighted by Gasteiger charge is -2.41. The molecule has 1 saturated carbocycles. The highest BCUT2D eigenvalue weighted by Crippen LogP contribution is 2.42. The van der Waals surface area contributed by atoms with Crippen molar-refractivity contribution in [3.8, 4) is 0 Å². The van der Waals surface area contributed by atoms with Gasteiger partial charge in [0.1, 0.15) is 0 Å². The molecule has 18 heavy (non-hydrogen) atoms. The molecular weight excluding hydrogens is 224 g/mol. The predicted molar refractivity (Wildman–Crippen MR) is 72.7 cm³/mol. The molecule has 2 aliphatic rings. The Hall–Kier alpha value is -1.58. The fourth-order valence-corrected chi connectivity index (χ4v) is 2.72. The molecule has 1 aliphatic carbocycles. The van der Waals surface area contributed by atoms with Crippen LogP contribution >= 0.6 is 0 Å². The van der Waals surface area contributed by atoms with E-state index in [4.69, 9.17) is 0 Å². The lowest BCUT2D eigenvalue weighted by molar-refractivity contribution is 0.237. The number of aromatic nitrogens is 1. The summed E-state index contributed by atoms with van der Waals surface area (Å²) < 4.78 is 0. The van der Waals surface area contributed by atoms with Gasteiger partial charge >= 0.3 is 0 Å². The second-order valence-corrected chi connectivity index (χ2v) is 5.44. The molecule has 1 atom stereocenters. The molecule has 96 valence electrons. The molecule has 1 unspecified atom stereocenters. The standard InChI is InChI=1S/C14H20N4/c1-11-9-16-13(18-11)17-10-14(6-4-7-14)12-5-2-3-8-15-12/h2-3,5,8,11H,4,6-7,9-10H2,1H3,(H2,16,17,18). The molecule has 0 spiro atoms. The van der Waals surface area contributed by atoms with Crippen LogP contribution in [0.5, 0.6) is 0 Å². The Morgan fingerprint density at radius 3 is 2.89 bits per heavy atom. The summed E-state index contributed by atoms with van der Waals surface area (Å²) >= 11 is 0. The van der Waals surface area contributed by atoms with Crippen LogP contribution in [0, 0.1) is 0 Å². The fourth-order valence-electron chi connectivity index (χ4n) is 2.72. The number of pyridine rings is 1. The van der Waals surface area contributed by atoms with Crippen LogP contribution < -0.4 is 10.6 Å². The molecule has 0 saturated heterocycles. The highest BCUT2D eigenvalue weighted by atomic mass is 15.2. The van der Waals surface area contributed by atoms with E-state index >= 15 is 0 Å². The van der Waals surface area contributed by atoms with E-state index in [-0.39, 0.29) is 5.41 Å². The van der Waals surface area contributed by atoms with Crippen molar-refractivity contribution in [2.45, 2.75) is 37.6 Å². The van der Waals surface area contributed by atoms with Crippen molar-refractivity contribution in [3.05, 3.63) is 30.1 Å². The van der Waals surface area contributed by atoms with Gasteiger partial charge in [0.15, 0.2) is 5.96 Å². The minimum absolute atomic E-state index is 0.220. The minimum Gasteiger partial charge on any atom is -0.355 e. The van der Waals surface area contributed by atoms with Crippen molar-refractivity contribution in [2.24, 2.45) is 4.99 Å². The SMILES string of the molecule is CC1CN=C(NCC2(c3ccccn3)CCC2)N1. The molecule has 2 heterocycles. The molecule has 1 aromatic rings. The van der Waals surface area contributed by atoms with Gasteiger partial charge in [-0.3, -0.25) is 9.98 Å². The number of nitrogens with zero attached hydrogens (tertiary/aromatic N) is 2. The van der Waals surface area contributed by atoms with Gasteiger partial charge < -0.3 is 10.6 Å². The Morgan fingerprint density at radius 1 is 1.44 bits per heavy atom. The zero-order valence-corrected chi connectivity index (χ0v) is 10.8. The third kappa shape index (κ3) is 2.07. The molecule has 2 N–H and O–H groups in total. The van der Waals surface area contributed by atoms with Crippen molar-refractivity contribution in [1.82, 2.24) is 15.6 Å². The van der Waals surface area contributed by atoms with Crippen molar-refractivity contribution in [2.75, 3.05) is 13.1 Å². The second-order valence-electron chi connectivity index (χ2n) is 5.44. The van der Waals surface area contributed by atoms with Crippen molar-refractivity contribution >= 4 is 5.96 Å². The van der Waals surface area contributed by atoms with Crippen molar-refractivity contribution < 1.29 is 0 Å². The Balaban J connectivity index is 1.66. The van der Waals surface area contributed by atoms with Crippen molar-refractivity contribution in [3.63, 3.8) is 0 Å². The number of hydrogen-bond donors (Lipinski definition) is 2. The first-order chi connectivity index (χ1) is 8.78. The van der Waals surface area contributed by atoms with Gasteiger partial charge in [0.05, 0.1) is 6.54 Å². The monoisotopic (exact) mass is 244 g/mol. The molecule has 0 aromatic carbocycles. The lowest BCUT2D eigenvalue weighted by atomic mass is 9.66. The van der Waals surface area contributed by atoms with Crippen LogP contribution in [0.2, 0.25) is 0 Å². The van der Waals surface area contributed by atoms with Crippen molar-refractivity contribution in [1.29, 1.82) is 0 Å². The zero-order chi connectivity index (χ0) is 12.4. The minimum atomic E-state index is 0.220. The van der Waals surface area contributed by atoms with E-state index in [1.165, 1.54) is 25.0 Å². The Morgan fingerprint density at radius 2 is 2.33 bits per heavy atom. The lowest BCUT2D eigenvalue weighted by Crippen LogP contribution is -2.49. The second kappa shape index (κ2) is 4.59. The van der Waals surface area contributed by atoms with Crippen LogP contribution in [0.15, 0.2) is 29.4 Å². The van der Waals surface area contributed by atoms with Crippen LogP contribution in [-0.2, 0) is 5.41 Å². The van der Waals surface area contributed by atoms with Gasteiger partial charge in [-0.25, -0.2) is 0 Å². The average Bonchev–Trinajstić information content (AvgIpc) is 2.75. The van der Waals surface area contributed by atoms with Crippen LogP contribution in [0.1, 0.15) is 31.9 Å². The number of hydrogen-bond acceptors (Lipinski definition) is 4. The summed E-state index contributed by atoms with van der Waals surface area (Å²) in [4.78, 5) is 8.98. The van der Waals surface area contributed by atoms with E-state index in [0.29, 0.717) is 6.04 Å². The van der Waals surface area contributed by atoms with Gasteiger partial charge in [0, 0.05) is 29.9 Å². The average molecular weight is 244 g/mol. The Bertz CT molecular complexity index is 436. The third-order valence-electron chi connectivity index (χ3n) is 4.02. The zero-order valence-electron chi connectivity index (χ0n) is 10.8. The quantitative estimate of drug-likeness (QED) is 0.846. The van der Waals surface area contributed by atoms with Gasteiger partial charge in [-0.2, -0.15) is 0 Å². The highest BCUT2D eigenvalue weighted by Gasteiger charge is 2.40. The molecule has 1 fully saturated rings. The summed E-state index contributed by atoms with van der Waals surface area (Å²) in [5.74, 6) is 0.949. The maximum absolute atomic E-state index is 4.53. The van der Waals surface area contributed by atoms with Gasteiger partial charge in [0.2, 0.25) is 0 Å². The fraction of sp³-hybridized carbons (Fsp3) is 0.571. The normalized spacial score (nSPS) is 24.9. The highest BCUT2D eigenvalue weighted by molar-refractivity contribution is 5.81. The van der Waals surface area contributed by atoms with E-state index in [9.17, 15) is 0 Å². The van der Waals surface area contributed by atoms with Crippen LogP contribution in [-0.4, -0.2) is 30.1 Å². The maximum atomic E-state index is 4.53. The smallest absolute Gasteiger partial charge is 0.191 e. The molecule has 0 amide bonds. The first-order valence-corrected chi connectivity index (χ1v) is 6.75. The number of guanidine groups is 1. The van der Waals surface area contributed by atoms with Gasteiger partial charge in [-0.05, 0) is 31.9 Å². The molecule has 3 rings (SSSR count). The molecular formula is C14H20N4. The summed E-state index contributed by atoms with van der Waals surface area (Å²) in [6, 6.07) is 6.66. The first kappa shape index (κ1) is 11.5. The summed E-state index contributed by atoms with van der Waals surface area (Å²) in [6.45, 7) is 3.96.